The standard InChI is InChI=1S/C12H23NO2/c1-12(2)8-9(6-7-15-12)13-10-4-3-5-11(10)14/h9-11,13-14H,3-8H2,1-2H3. The van der Waals surface area contributed by atoms with Crippen LogP contribution in [0.5, 0.6) is 0 Å². The molecule has 15 heavy (non-hydrogen) atoms. The maximum atomic E-state index is 9.76. The monoisotopic (exact) mass is 213 g/mol. The first-order valence-corrected chi connectivity index (χ1v) is 6.15. The predicted octanol–water partition coefficient (Wildman–Crippen LogP) is 1.45. The van der Waals surface area contributed by atoms with E-state index in [1.807, 2.05) is 0 Å². The van der Waals surface area contributed by atoms with Crippen molar-refractivity contribution in [2.24, 2.45) is 0 Å². The van der Waals surface area contributed by atoms with Crippen LogP contribution < -0.4 is 5.32 Å². The summed E-state index contributed by atoms with van der Waals surface area (Å²) in [5.74, 6) is 0. The van der Waals surface area contributed by atoms with Gasteiger partial charge in [0.2, 0.25) is 0 Å². The van der Waals surface area contributed by atoms with Crippen molar-refractivity contribution in [3.05, 3.63) is 0 Å². The molecule has 2 aliphatic rings. The molecule has 0 bridgehead atoms. The molecular formula is C12H23NO2. The van der Waals surface area contributed by atoms with Gasteiger partial charge in [0.25, 0.3) is 0 Å². The van der Waals surface area contributed by atoms with Crippen molar-refractivity contribution in [1.29, 1.82) is 0 Å². The maximum Gasteiger partial charge on any atom is 0.0693 e. The van der Waals surface area contributed by atoms with Crippen LogP contribution in [0, 0.1) is 0 Å². The third kappa shape index (κ3) is 2.92. The lowest BCUT2D eigenvalue weighted by Gasteiger charge is -2.37. The van der Waals surface area contributed by atoms with Gasteiger partial charge in [0.1, 0.15) is 0 Å². The summed E-state index contributed by atoms with van der Waals surface area (Å²) >= 11 is 0. The van der Waals surface area contributed by atoms with Crippen LogP contribution in [0.4, 0.5) is 0 Å². The first kappa shape index (κ1) is 11.4. The van der Waals surface area contributed by atoms with Crippen molar-refractivity contribution in [3.8, 4) is 0 Å². The zero-order valence-corrected chi connectivity index (χ0v) is 9.83. The highest BCUT2D eigenvalue weighted by molar-refractivity contribution is 4.89. The summed E-state index contributed by atoms with van der Waals surface area (Å²) in [6.45, 7) is 5.13. The lowest BCUT2D eigenvalue weighted by Crippen LogP contribution is -2.49. The lowest BCUT2D eigenvalue weighted by molar-refractivity contribution is -0.0656. The number of aliphatic hydroxyl groups excluding tert-OH is 1. The highest BCUT2D eigenvalue weighted by Gasteiger charge is 2.32. The number of hydrogen-bond acceptors (Lipinski definition) is 3. The van der Waals surface area contributed by atoms with E-state index in [1.165, 1.54) is 0 Å². The van der Waals surface area contributed by atoms with Crippen molar-refractivity contribution in [3.63, 3.8) is 0 Å². The molecule has 1 saturated heterocycles. The molecule has 3 nitrogen and oxygen atoms in total. The molecule has 0 aromatic carbocycles. The van der Waals surface area contributed by atoms with E-state index in [9.17, 15) is 5.11 Å². The second-order valence-corrected chi connectivity index (χ2v) is 5.57. The van der Waals surface area contributed by atoms with Crippen molar-refractivity contribution >= 4 is 0 Å². The highest BCUT2D eigenvalue weighted by atomic mass is 16.5. The molecule has 0 aromatic heterocycles. The van der Waals surface area contributed by atoms with E-state index in [0.29, 0.717) is 12.1 Å². The third-order valence-corrected chi connectivity index (χ3v) is 3.63. The summed E-state index contributed by atoms with van der Waals surface area (Å²) in [5, 5.41) is 13.3. The molecule has 0 amide bonds. The molecule has 88 valence electrons. The zero-order valence-electron chi connectivity index (χ0n) is 9.83. The molecule has 1 aliphatic carbocycles. The van der Waals surface area contributed by atoms with E-state index >= 15 is 0 Å². The topological polar surface area (TPSA) is 41.5 Å². The summed E-state index contributed by atoms with van der Waals surface area (Å²) in [6, 6.07) is 0.843. The Bertz CT molecular complexity index is 218. The number of rotatable bonds is 2. The van der Waals surface area contributed by atoms with Crippen LogP contribution in [0.2, 0.25) is 0 Å². The molecule has 3 unspecified atom stereocenters. The summed E-state index contributed by atoms with van der Waals surface area (Å²) in [4.78, 5) is 0. The Morgan fingerprint density at radius 1 is 1.27 bits per heavy atom. The van der Waals surface area contributed by atoms with Gasteiger partial charge in [-0.2, -0.15) is 0 Å². The molecule has 1 aliphatic heterocycles. The van der Waals surface area contributed by atoms with Crippen LogP contribution in [0.1, 0.15) is 46.0 Å². The number of ether oxygens (including phenoxy) is 1. The Labute approximate surface area is 92.2 Å². The summed E-state index contributed by atoms with van der Waals surface area (Å²) < 4.78 is 5.68. The van der Waals surface area contributed by atoms with Crippen LogP contribution in [-0.2, 0) is 4.74 Å². The summed E-state index contributed by atoms with van der Waals surface area (Å²) in [5.41, 5.74) is -0.000522. The van der Waals surface area contributed by atoms with Gasteiger partial charge in [0.15, 0.2) is 0 Å². The van der Waals surface area contributed by atoms with Crippen LogP contribution in [0.3, 0.4) is 0 Å². The molecule has 1 heterocycles. The van der Waals surface area contributed by atoms with Gasteiger partial charge in [-0.25, -0.2) is 0 Å². The van der Waals surface area contributed by atoms with Crippen LogP contribution in [0.25, 0.3) is 0 Å². The van der Waals surface area contributed by atoms with Crippen molar-refractivity contribution in [2.75, 3.05) is 6.61 Å². The van der Waals surface area contributed by atoms with E-state index in [-0.39, 0.29) is 11.7 Å². The molecule has 3 atom stereocenters. The fraction of sp³-hybridized carbons (Fsp3) is 1.00. The molecule has 1 saturated carbocycles. The number of hydrogen-bond donors (Lipinski definition) is 2. The predicted molar refractivity (Wildman–Crippen MR) is 59.8 cm³/mol. The Morgan fingerprint density at radius 3 is 2.67 bits per heavy atom. The van der Waals surface area contributed by atoms with Crippen molar-refractivity contribution in [2.45, 2.75) is 69.7 Å². The Morgan fingerprint density at radius 2 is 2.07 bits per heavy atom. The first-order chi connectivity index (χ1) is 7.07. The van der Waals surface area contributed by atoms with E-state index in [4.69, 9.17) is 4.74 Å². The van der Waals surface area contributed by atoms with Gasteiger partial charge >= 0.3 is 0 Å². The van der Waals surface area contributed by atoms with Crippen molar-refractivity contribution in [1.82, 2.24) is 5.32 Å². The molecular weight excluding hydrogens is 190 g/mol. The highest BCUT2D eigenvalue weighted by Crippen LogP contribution is 2.26. The van der Waals surface area contributed by atoms with Gasteiger partial charge < -0.3 is 15.2 Å². The van der Waals surface area contributed by atoms with Crippen LogP contribution >= 0.6 is 0 Å². The second kappa shape index (κ2) is 4.40. The van der Waals surface area contributed by atoms with Gasteiger partial charge in [0, 0.05) is 18.7 Å². The summed E-state index contributed by atoms with van der Waals surface area (Å²) in [6.07, 6.45) is 5.24. The maximum absolute atomic E-state index is 9.76. The average molecular weight is 213 g/mol. The minimum Gasteiger partial charge on any atom is -0.392 e. The van der Waals surface area contributed by atoms with Gasteiger partial charge in [-0.3, -0.25) is 0 Å². The van der Waals surface area contributed by atoms with E-state index < -0.39 is 0 Å². The Hall–Kier alpha value is -0.120. The lowest BCUT2D eigenvalue weighted by atomic mass is 9.93. The first-order valence-electron chi connectivity index (χ1n) is 6.15. The van der Waals surface area contributed by atoms with Gasteiger partial charge in [-0.15, -0.1) is 0 Å². The molecule has 2 rings (SSSR count). The van der Waals surface area contributed by atoms with Gasteiger partial charge in [-0.05, 0) is 46.0 Å². The van der Waals surface area contributed by atoms with Crippen LogP contribution in [-0.4, -0.2) is 35.5 Å². The molecule has 0 spiro atoms. The van der Waals surface area contributed by atoms with Crippen LogP contribution in [0.15, 0.2) is 0 Å². The number of nitrogens with one attached hydrogen (secondary N) is 1. The molecule has 0 aromatic rings. The van der Waals surface area contributed by atoms with E-state index in [0.717, 1.165) is 38.7 Å². The normalized spacial score (nSPS) is 40.6. The quantitative estimate of drug-likeness (QED) is 0.729. The van der Waals surface area contributed by atoms with E-state index in [2.05, 4.69) is 19.2 Å². The summed E-state index contributed by atoms with van der Waals surface area (Å²) in [7, 11) is 0. The SMILES string of the molecule is CC1(C)CC(NC2CCCC2O)CCO1. The van der Waals surface area contributed by atoms with Crippen molar-refractivity contribution < 1.29 is 9.84 Å². The second-order valence-electron chi connectivity index (χ2n) is 5.57. The third-order valence-electron chi connectivity index (χ3n) is 3.63. The minimum atomic E-state index is -0.129. The van der Waals surface area contributed by atoms with Gasteiger partial charge in [-0.1, -0.05) is 0 Å². The average Bonchev–Trinajstić information content (AvgIpc) is 2.50. The molecule has 0 radical (unpaired) electrons. The van der Waals surface area contributed by atoms with E-state index in [1.54, 1.807) is 0 Å². The largest absolute Gasteiger partial charge is 0.392 e. The fourth-order valence-corrected chi connectivity index (χ4v) is 2.81. The molecule has 3 heteroatoms. The minimum absolute atomic E-state index is 0.000522. The number of aliphatic hydroxyl groups is 1. The van der Waals surface area contributed by atoms with Gasteiger partial charge in [0.05, 0.1) is 11.7 Å². The molecule has 2 fully saturated rings. The molecule has 2 N–H and O–H groups in total. The Balaban J connectivity index is 1.83. The smallest absolute Gasteiger partial charge is 0.0693 e. The zero-order chi connectivity index (χ0) is 10.9. The Kier molecular flexibility index (Phi) is 3.33. The fourth-order valence-electron chi connectivity index (χ4n) is 2.81.